The lowest BCUT2D eigenvalue weighted by Gasteiger charge is -2.05. The molecule has 3 heteroatoms. The number of rotatable bonds is 3. The van der Waals surface area contributed by atoms with E-state index in [1.54, 1.807) is 6.08 Å². The Hall–Kier alpha value is -1.64. The molecule has 0 aromatic heterocycles. The molecular formula is C9H12N2O. The van der Waals surface area contributed by atoms with Gasteiger partial charge in [0.25, 0.3) is 0 Å². The quantitative estimate of drug-likeness (QED) is 0.471. The minimum atomic E-state index is 0.574. The number of hydrogen-bond acceptors (Lipinski definition) is 3. The van der Waals surface area contributed by atoms with Crippen molar-refractivity contribution in [2.24, 2.45) is 0 Å². The molecule has 0 heterocycles. The number of anilines is 2. The van der Waals surface area contributed by atoms with E-state index in [-0.39, 0.29) is 0 Å². The summed E-state index contributed by atoms with van der Waals surface area (Å²) in [7, 11) is 0. The molecule has 1 aromatic carbocycles. The minimum Gasteiger partial charge on any atom is -0.516 e. The summed E-state index contributed by atoms with van der Waals surface area (Å²) in [6.45, 7) is 0.574. The molecule has 0 saturated carbocycles. The van der Waals surface area contributed by atoms with Gasteiger partial charge in [-0.15, -0.1) is 0 Å². The largest absolute Gasteiger partial charge is 0.516 e. The number of nitrogens with one attached hydrogen (secondary N) is 1. The van der Waals surface area contributed by atoms with Crippen LogP contribution in [0.4, 0.5) is 11.4 Å². The Bertz CT molecular complexity index is 271. The molecule has 1 rings (SSSR count). The Labute approximate surface area is 71.5 Å². The molecule has 0 spiro atoms. The van der Waals surface area contributed by atoms with Gasteiger partial charge < -0.3 is 16.2 Å². The number of hydrogen-bond donors (Lipinski definition) is 3. The molecule has 0 saturated heterocycles. The summed E-state index contributed by atoms with van der Waals surface area (Å²) in [6, 6.07) is 7.50. The lowest BCUT2D eigenvalue weighted by Crippen LogP contribution is -2.01. The number of para-hydroxylation sites is 2. The highest BCUT2D eigenvalue weighted by atomic mass is 16.2. The standard InChI is InChI=1S/C9H12N2O/c10-8-4-1-2-5-9(8)11-6-3-7-12/h1-5,7,11-12H,6,10H2. The topological polar surface area (TPSA) is 58.3 Å². The first-order chi connectivity index (χ1) is 5.84. The average Bonchev–Trinajstić information content (AvgIpc) is 2.09. The molecule has 0 bridgehead atoms. The van der Waals surface area contributed by atoms with Gasteiger partial charge in [-0.25, -0.2) is 0 Å². The third-order valence-electron chi connectivity index (χ3n) is 1.48. The Balaban J connectivity index is 2.57. The Morgan fingerprint density at radius 1 is 1.42 bits per heavy atom. The van der Waals surface area contributed by atoms with Crippen LogP contribution < -0.4 is 11.1 Å². The van der Waals surface area contributed by atoms with Crippen molar-refractivity contribution >= 4 is 11.4 Å². The van der Waals surface area contributed by atoms with Crippen LogP contribution in [0.25, 0.3) is 0 Å². The molecule has 0 aliphatic carbocycles. The number of nitrogen functional groups attached to an aromatic ring is 1. The molecule has 12 heavy (non-hydrogen) atoms. The predicted octanol–water partition coefficient (Wildman–Crippen LogP) is 1.75. The monoisotopic (exact) mass is 164 g/mol. The number of aliphatic hydroxyl groups is 1. The summed E-state index contributed by atoms with van der Waals surface area (Å²) in [5, 5.41) is 11.4. The van der Waals surface area contributed by atoms with E-state index in [4.69, 9.17) is 10.8 Å². The van der Waals surface area contributed by atoms with Gasteiger partial charge in [0.2, 0.25) is 0 Å². The zero-order valence-corrected chi connectivity index (χ0v) is 6.70. The molecule has 0 fully saturated rings. The number of benzene rings is 1. The van der Waals surface area contributed by atoms with Crippen LogP contribution in [0.1, 0.15) is 0 Å². The van der Waals surface area contributed by atoms with E-state index in [1.165, 1.54) is 0 Å². The van der Waals surface area contributed by atoms with E-state index in [0.29, 0.717) is 12.2 Å². The van der Waals surface area contributed by atoms with Gasteiger partial charge in [-0.3, -0.25) is 0 Å². The first-order valence-electron chi connectivity index (χ1n) is 3.72. The maximum Gasteiger partial charge on any atom is 0.0769 e. The average molecular weight is 164 g/mol. The Morgan fingerprint density at radius 2 is 2.17 bits per heavy atom. The Morgan fingerprint density at radius 3 is 2.83 bits per heavy atom. The maximum atomic E-state index is 8.36. The predicted molar refractivity (Wildman–Crippen MR) is 51.1 cm³/mol. The summed E-state index contributed by atoms with van der Waals surface area (Å²) in [6.07, 6.45) is 2.61. The molecule has 0 unspecified atom stereocenters. The summed E-state index contributed by atoms with van der Waals surface area (Å²) < 4.78 is 0. The molecule has 0 aliphatic heterocycles. The van der Waals surface area contributed by atoms with Crippen LogP contribution >= 0.6 is 0 Å². The molecule has 0 amide bonds. The molecule has 1 aromatic rings. The minimum absolute atomic E-state index is 0.574. The second-order valence-corrected chi connectivity index (χ2v) is 2.35. The third kappa shape index (κ3) is 2.20. The van der Waals surface area contributed by atoms with Crippen molar-refractivity contribution in [1.82, 2.24) is 0 Å². The molecule has 0 radical (unpaired) electrons. The summed E-state index contributed by atoms with van der Waals surface area (Å²) in [5.74, 6) is 0. The normalized spacial score (nSPS) is 10.3. The van der Waals surface area contributed by atoms with Crippen LogP contribution in [0, 0.1) is 0 Å². The van der Waals surface area contributed by atoms with Crippen molar-refractivity contribution < 1.29 is 5.11 Å². The van der Waals surface area contributed by atoms with E-state index < -0.39 is 0 Å². The fourth-order valence-electron chi connectivity index (χ4n) is 0.880. The van der Waals surface area contributed by atoms with Crippen LogP contribution in [-0.2, 0) is 0 Å². The molecule has 3 nitrogen and oxygen atoms in total. The van der Waals surface area contributed by atoms with Gasteiger partial charge >= 0.3 is 0 Å². The Kier molecular flexibility index (Phi) is 3.02. The third-order valence-corrected chi connectivity index (χ3v) is 1.48. The van der Waals surface area contributed by atoms with Gasteiger partial charge in [0.15, 0.2) is 0 Å². The van der Waals surface area contributed by atoms with Gasteiger partial charge in [0, 0.05) is 6.54 Å². The van der Waals surface area contributed by atoms with E-state index >= 15 is 0 Å². The van der Waals surface area contributed by atoms with Crippen molar-refractivity contribution in [3.05, 3.63) is 36.6 Å². The van der Waals surface area contributed by atoms with Crippen molar-refractivity contribution in [3.63, 3.8) is 0 Å². The van der Waals surface area contributed by atoms with Crippen molar-refractivity contribution in [2.45, 2.75) is 0 Å². The molecule has 64 valence electrons. The smallest absolute Gasteiger partial charge is 0.0769 e. The maximum absolute atomic E-state index is 8.36. The second-order valence-electron chi connectivity index (χ2n) is 2.35. The molecule has 0 atom stereocenters. The van der Waals surface area contributed by atoms with Crippen LogP contribution in [-0.4, -0.2) is 11.7 Å². The summed E-state index contributed by atoms with van der Waals surface area (Å²) in [4.78, 5) is 0. The van der Waals surface area contributed by atoms with E-state index in [2.05, 4.69) is 5.32 Å². The lowest BCUT2D eigenvalue weighted by atomic mass is 10.3. The van der Waals surface area contributed by atoms with Crippen LogP contribution in [0.3, 0.4) is 0 Å². The molecular weight excluding hydrogens is 152 g/mol. The van der Waals surface area contributed by atoms with Gasteiger partial charge in [0.1, 0.15) is 0 Å². The van der Waals surface area contributed by atoms with Crippen molar-refractivity contribution in [2.75, 3.05) is 17.6 Å². The first kappa shape index (κ1) is 8.46. The molecule has 0 aliphatic rings. The molecule has 4 N–H and O–H groups in total. The van der Waals surface area contributed by atoms with Gasteiger partial charge in [-0.1, -0.05) is 12.1 Å². The van der Waals surface area contributed by atoms with Gasteiger partial charge in [-0.2, -0.15) is 0 Å². The lowest BCUT2D eigenvalue weighted by molar-refractivity contribution is 0.472. The highest BCUT2D eigenvalue weighted by molar-refractivity contribution is 5.65. The SMILES string of the molecule is Nc1ccccc1NCC=CO. The second kappa shape index (κ2) is 4.28. The van der Waals surface area contributed by atoms with Crippen LogP contribution in [0.5, 0.6) is 0 Å². The fraction of sp³-hybridized carbons (Fsp3) is 0.111. The fourth-order valence-corrected chi connectivity index (χ4v) is 0.880. The summed E-state index contributed by atoms with van der Waals surface area (Å²) >= 11 is 0. The highest BCUT2D eigenvalue weighted by Gasteiger charge is 1.92. The number of nitrogens with two attached hydrogens (primary N) is 1. The first-order valence-corrected chi connectivity index (χ1v) is 3.72. The zero-order valence-electron chi connectivity index (χ0n) is 6.70. The summed E-state index contributed by atoms with van der Waals surface area (Å²) in [5.41, 5.74) is 7.25. The van der Waals surface area contributed by atoms with Crippen molar-refractivity contribution in [1.29, 1.82) is 0 Å². The zero-order chi connectivity index (χ0) is 8.81. The number of aliphatic hydroxyl groups excluding tert-OH is 1. The van der Waals surface area contributed by atoms with Crippen LogP contribution in [0.15, 0.2) is 36.6 Å². The van der Waals surface area contributed by atoms with Gasteiger partial charge in [0.05, 0.1) is 17.6 Å². The van der Waals surface area contributed by atoms with Gasteiger partial charge in [-0.05, 0) is 18.2 Å². The van der Waals surface area contributed by atoms with Crippen LogP contribution in [0.2, 0.25) is 0 Å². The van der Waals surface area contributed by atoms with Crippen molar-refractivity contribution in [3.8, 4) is 0 Å². The van der Waals surface area contributed by atoms with E-state index in [9.17, 15) is 0 Å². The highest BCUT2D eigenvalue weighted by Crippen LogP contribution is 2.15. The van der Waals surface area contributed by atoms with E-state index in [1.807, 2.05) is 24.3 Å². The van der Waals surface area contributed by atoms with E-state index in [0.717, 1.165) is 11.9 Å².